The van der Waals surface area contributed by atoms with Gasteiger partial charge in [-0.2, -0.15) is 18.3 Å². The van der Waals surface area contributed by atoms with Gasteiger partial charge in [-0.15, -0.1) is 6.42 Å². The minimum absolute atomic E-state index is 0.0367. The molecular weight excluding hydrogens is 367 g/mol. The van der Waals surface area contributed by atoms with Crippen molar-refractivity contribution in [1.29, 1.82) is 0 Å². The molecule has 1 atom stereocenters. The van der Waals surface area contributed by atoms with Gasteiger partial charge in [0.1, 0.15) is 5.69 Å². The van der Waals surface area contributed by atoms with E-state index in [1.807, 2.05) is 28.9 Å². The number of benzene rings is 2. The maximum absolute atomic E-state index is 12.8. The largest absolute Gasteiger partial charge is 0.416 e. The fraction of sp³-hybridized carbons (Fsp3) is 0.238. The van der Waals surface area contributed by atoms with Crippen molar-refractivity contribution in [1.82, 2.24) is 14.7 Å². The third-order valence-corrected chi connectivity index (χ3v) is 5.02. The van der Waals surface area contributed by atoms with Crippen LogP contribution in [0.5, 0.6) is 0 Å². The molecule has 4 nitrogen and oxygen atoms in total. The first-order valence-electron chi connectivity index (χ1n) is 8.79. The van der Waals surface area contributed by atoms with E-state index in [1.165, 1.54) is 12.1 Å². The second-order valence-electron chi connectivity index (χ2n) is 6.72. The monoisotopic (exact) mass is 383 g/mol. The second kappa shape index (κ2) is 6.71. The number of terminal acetylenes is 1. The smallest absolute Gasteiger partial charge is 0.330 e. The van der Waals surface area contributed by atoms with Crippen LogP contribution in [-0.4, -0.2) is 33.7 Å². The summed E-state index contributed by atoms with van der Waals surface area (Å²) >= 11 is 0. The van der Waals surface area contributed by atoms with Crippen LogP contribution in [0.4, 0.5) is 13.2 Å². The lowest BCUT2D eigenvalue weighted by atomic mass is 10.1. The van der Waals surface area contributed by atoms with Crippen molar-refractivity contribution in [3.8, 4) is 23.6 Å². The minimum Gasteiger partial charge on any atom is -0.330 e. The summed E-state index contributed by atoms with van der Waals surface area (Å²) in [4.78, 5) is 13.4. The van der Waals surface area contributed by atoms with E-state index in [0.717, 1.165) is 23.0 Å². The van der Waals surface area contributed by atoms with Crippen LogP contribution in [0.25, 0.3) is 22.2 Å². The van der Waals surface area contributed by atoms with Gasteiger partial charge in [-0.3, -0.25) is 9.48 Å². The van der Waals surface area contributed by atoms with Crippen molar-refractivity contribution >= 4 is 16.8 Å². The number of carbonyl (C=O) groups is 1. The number of para-hydroxylation sites is 1. The van der Waals surface area contributed by atoms with Gasteiger partial charge in [0, 0.05) is 24.0 Å². The Kier molecular flexibility index (Phi) is 4.34. The number of fused-ring (bicyclic) bond motifs is 1. The van der Waals surface area contributed by atoms with Gasteiger partial charge >= 0.3 is 6.18 Å². The molecule has 1 saturated heterocycles. The fourth-order valence-corrected chi connectivity index (χ4v) is 3.61. The average Bonchev–Trinajstić information content (AvgIpc) is 3.32. The summed E-state index contributed by atoms with van der Waals surface area (Å²) < 4.78 is 40.4. The van der Waals surface area contributed by atoms with Gasteiger partial charge in [-0.05, 0) is 30.5 Å². The van der Waals surface area contributed by atoms with Crippen LogP contribution in [0, 0.1) is 12.3 Å². The lowest BCUT2D eigenvalue weighted by molar-refractivity contribution is -0.137. The molecule has 2 heterocycles. The Hall–Kier alpha value is -3.27. The molecule has 0 saturated carbocycles. The van der Waals surface area contributed by atoms with Crippen LogP contribution in [0.15, 0.2) is 48.5 Å². The SMILES string of the molecule is C#CC(=O)N1CCC(n2nc(-c3ccc(C(F)(F)F)cc3)c3ccccc32)C1. The number of alkyl halides is 3. The molecule has 142 valence electrons. The van der Waals surface area contributed by atoms with Gasteiger partial charge in [0.2, 0.25) is 0 Å². The predicted molar refractivity (Wildman–Crippen MR) is 99.2 cm³/mol. The van der Waals surface area contributed by atoms with Crippen LogP contribution in [0.2, 0.25) is 0 Å². The Labute approximate surface area is 159 Å². The number of carbonyl (C=O) groups excluding carboxylic acids is 1. The number of nitrogens with zero attached hydrogens (tertiary/aromatic N) is 3. The molecule has 1 aliphatic rings. The lowest BCUT2D eigenvalue weighted by Crippen LogP contribution is -2.27. The summed E-state index contributed by atoms with van der Waals surface area (Å²) in [5, 5.41) is 5.55. The molecule has 4 rings (SSSR count). The van der Waals surface area contributed by atoms with E-state index >= 15 is 0 Å². The number of hydrogen-bond acceptors (Lipinski definition) is 2. The summed E-state index contributed by atoms with van der Waals surface area (Å²) in [5.74, 6) is 1.78. The molecule has 0 spiro atoms. The summed E-state index contributed by atoms with van der Waals surface area (Å²) in [6, 6.07) is 12.5. The number of aromatic nitrogens is 2. The zero-order valence-electron chi connectivity index (χ0n) is 14.8. The average molecular weight is 383 g/mol. The third-order valence-electron chi connectivity index (χ3n) is 5.02. The van der Waals surface area contributed by atoms with Gasteiger partial charge in [0.25, 0.3) is 5.91 Å². The van der Waals surface area contributed by atoms with Crippen LogP contribution in [-0.2, 0) is 11.0 Å². The first-order chi connectivity index (χ1) is 13.4. The van der Waals surface area contributed by atoms with E-state index in [9.17, 15) is 18.0 Å². The van der Waals surface area contributed by atoms with Crippen LogP contribution < -0.4 is 0 Å². The topological polar surface area (TPSA) is 38.1 Å². The maximum atomic E-state index is 12.8. The highest BCUT2D eigenvalue weighted by molar-refractivity contribution is 5.94. The van der Waals surface area contributed by atoms with Crippen LogP contribution >= 0.6 is 0 Å². The van der Waals surface area contributed by atoms with E-state index in [-0.39, 0.29) is 11.9 Å². The van der Waals surface area contributed by atoms with Crippen molar-refractivity contribution < 1.29 is 18.0 Å². The highest BCUT2D eigenvalue weighted by Crippen LogP contribution is 2.34. The Morgan fingerprint density at radius 1 is 1.14 bits per heavy atom. The first-order valence-corrected chi connectivity index (χ1v) is 8.79. The van der Waals surface area contributed by atoms with Crippen molar-refractivity contribution in [3.63, 3.8) is 0 Å². The van der Waals surface area contributed by atoms with Crippen molar-refractivity contribution in [2.24, 2.45) is 0 Å². The number of likely N-dealkylation sites (tertiary alicyclic amines) is 1. The third kappa shape index (κ3) is 3.11. The predicted octanol–water partition coefficient (Wildman–Crippen LogP) is 4.13. The Bertz CT molecular complexity index is 1080. The number of halogens is 3. The molecule has 1 unspecified atom stereocenters. The zero-order valence-corrected chi connectivity index (χ0v) is 14.8. The van der Waals surface area contributed by atoms with Gasteiger partial charge in [0.05, 0.1) is 17.1 Å². The quantitative estimate of drug-likeness (QED) is 0.624. The number of rotatable bonds is 2. The van der Waals surface area contributed by atoms with Crippen molar-refractivity contribution in [2.75, 3.05) is 13.1 Å². The van der Waals surface area contributed by atoms with E-state index in [0.29, 0.717) is 30.8 Å². The Morgan fingerprint density at radius 2 is 1.86 bits per heavy atom. The van der Waals surface area contributed by atoms with Gasteiger partial charge in [-0.25, -0.2) is 0 Å². The normalized spacial score (nSPS) is 17.1. The van der Waals surface area contributed by atoms with Crippen LogP contribution in [0.3, 0.4) is 0 Å². The molecule has 1 amide bonds. The van der Waals surface area contributed by atoms with E-state index in [4.69, 9.17) is 11.5 Å². The molecule has 1 aromatic heterocycles. The van der Waals surface area contributed by atoms with E-state index in [2.05, 4.69) is 5.92 Å². The first kappa shape index (κ1) is 18.1. The maximum Gasteiger partial charge on any atom is 0.416 e. The summed E-state index contributed by atoms with van der Waals surface area (Å²) in [6.07, 6.45) is 1.54. The van der Waals surface area contributed by atoms with Crippen molar-refractivity contribution in [3.05, 3.63) is 54.1 Å². The molecule has 2 aromatic carbocycles. The molecule has 7 heteroatoms. The summed E-state index contributed by atoms with van der Waals surface area (Å²) in [7, 11) is 0. The molecular formula is C21H16F3N3O. The van der Waals surface area contributed by atoms with Gasteiger partial charge in [0.15, 0.2) is 0 Å². The standard InChI is InChI=1S/C21H16F3N3O/c1-2-19(28)26-12-11-16(13-26)27-18-6-4-3-5-17(18)20(25-27)14-7-9-15(10-8-14)21(22,23)24/h1,3-10,16H,11-13H2. The second-order valence-corrected chi connectivity index (χ2v) is 6.72. The number of amides is 1. The fourth-order valence-electron chi connectivity index (χ4n) is 3.61. The lowest BCUT2D eigenvalue weighted by Gasteiger charge is -2.14. The summed E-state index contributed by atoms with van der Waals surface area (Å²) in [6.45, 7) is 1.01. The van der Waals surface area contributed by atoms with Crippen LogP contribution in [0.1, 0.15) is 18.0 Å². The molecule has 0 N–H and O–H groups in total. The number of hydrogen-bond donors (Lipinski definition) is 0. The van der Waals surface area contributed by atoms with Crippen molar-refractivity contribution in [2.45, 2.75) is 18.6 Å². The zero-order chi connectivity index (χ0) is 19.9. The highest BCUT2D eigenvalue weighted by Gasteiger charge is 2.31. The molecule has 1 fully saturated rings. The van der Waals surface area contributed by atoms with Gasteiger partial charge < -0.3 is 4.90 Å². The van der Waals surface area contributed by atoms with E-state index < -0.39 is 11.7 Å². The van der Waals surface area contributed by atoms with E-state index in [1.54, 1.807) is 4.90 Å². The molecule has 1 aliphatic heterocycles. The Morgan fingerprint density at radius 3 is 2.54 bits per heavy atom. The highest BCUT2D eigenvalue weighted by atomic mass is 19.4. The van der Waals surface area contributed by atoms with Gasteiger partial charge in [-0.1, -0.05) is 30.3 Å². The molecule has 0 radical (unpaired) electrons. The molecule has 28 heavy (non-hydrogen) atoms. The summed E-state index contributed by atoms with van der Waals surface area (Å²) in [5.41, 5.74) is 1.40. The molecule has 0 bridgehead atoms. The Balaban J connectivity index is 1.74. The minimum atomic E-state index is -4.38. The molecule has 0 aliphatic carbocycles. The molecule has 3 aromatic rings.